The second-order valence-electron chi connectivity index (χ2n) is 6.26. The Labute approximate surface area is 122 Å². The van der Waals surface area contributed by atoms with Crippen LogP contribution in [0.1, 0.15) is 48.4 Å². The molecule has 0 aromatic heterocycles. The fourth-order valence-electron chi connectivity index (χ4n) is 3.35. The van der Waals surface area contributed by atoms with Crippen molar-refractivity contribution in [1.82, 2.24) is 0 Å². The fraction of sp³-hybridized carbons (Fsp3) is 0.625. The summed E-state index contributed by atoms with van der Waals surface area (Å²) in [4.78, 5) is 0. The van der Waals surface area contributed by atoms with Gasteiger partial charge in [0.25, 0.3) is 0 Å². The summed E-state index contributed by atoms with van der Waals surface area (Å²) in [6.45, 7) is 4.15. The maximum Gasteiger partial charge on any atom is 0.150 e. The molecule has 0 amide bonds. The Balaban J connectivity index is 2.18. The predicted molar refractivity (Wildman–Crippen MR) is 83.4 cm³/mol. The van der Waals surface area contributed by atoms with Gasteiger partial charge in [-0.25, -0.2) is 8.42 Å². The van der Waals surface area contributed by atoms with Gasteiger partial charge < -0.3 is 5.73 Å². The van der Waals surface area contributed by atoms with E-state index in [1.54, 1.807) is 0 Å². The molecule has 2 N–H and O–H groups in total. The third kappa shape index (κ3) is 3.41. The van der Waals surface area contributed by atoms with Crippen LogP contribution in [-0.2, 0) is 9.84 Å². The van der Waals surface area contributed by atoms with Crippen LogP contribution in [0.3, 0.4) is 0 Å². The van der Waals surface area contributed by atoms with Gasteiger partial charge in [0.1, 0.15) is 9.84 Å². The largest absolute Gasteiger partial charge is 0.324 e. The van der Waals surface area contributed by atoms with Gasteiger partial charge in [0.05, 0.1) is 5.25 Å². The average Bonchev–Trinajstić information content (AvgIpc) is 2.37. The minimum atomic E-state index is -2.95. The molecule has 0 saturated heterocycles. The zero-order valence-electron chi connectivity index (χ0n) is 12.6. The van der Waals surface area contributed by atoms with Gasteiger partial charge in [-0.15, -0.1) is 0 Å². The second kappa shape index (κ2) is 5.86. The van der Waals surface area contributed by atoms with E-state index < -0.39 is 9.84 Å². The van der Waals surface area contributed by atoms with E-state index in [2.05, 4.69) is 32.0 Å². The molecule has 1 fully saturated rings. The lowest BCUT2D eigenvalue weighted by atomic mass is 9.80. The quantitative estimate of drug-likeness (QED) is 0.932. The van der Waals surface area contributed by atoms with E-state index in [0.29, 0.717) is 6.42 Å². The highest BCUT2D eigenvalue weighted by molar-refractivity contribution is 7.91. The molecule has 2 rings (SSSR count). The zero-order chi connectivity index (χ0) is 14.9. The highest BCUT2D eigenvalue weighted by Crippen LogP contribution is 2.36. The Morgan fingerprint density at radius 1 is 1.25 bits per heavy atom. The van der Waals surface area contributed by atoms with Crippen LogP contribution < -0.4 is 5.73 Å². The molecule has 1 saturated carbocycles. The first kappa shape index (κ1) is 15.5. The predicted octanol–water partition coefficient (Wildman–Crippen LogP) is 2.91. The van der Waals surface area contributed by atoms with Crippen LogP contribution in [0.4, 0.5) is 0 Å². The molecule has 0 spiro atoms. The first-order valence-electron chi connectivity index (χ1n) is 7.30. The van der Waals surface area contributed by atoms with Crippen molar-refractivity contribution in [2.24, 2.45) is 11.7 Å². The zero-order valence-corrected chi connectivity index (χ0v) is 13.4. The van der Waals surface area contributed by atoms with Gasteiger partial charge >= 0.3 is 0 Å². The lowest BCUT2D eigenvalue weighted by Gasteiger charge is -2.32. The number of aryl methyl sites for hydroxylation is 2. The van der Waals surface area contributed by atoms with Crippen molar-refractivity contribution < 1.29 is 8.42 Å². The van der Waals surface area contributed by atoms with Gasteiger partial charge in [0.2, 0.25) is 0 Å². The molecule has 3 unspecified atom stereocenters. The van der Waals surface area contributed by atoms with Crippen LogP contribution in [-0.4, -0.2) is 19.9 Å². The number of nitrogens with two attached hydrogens (primary N) is 1. The summed E-state index contributed by atoms with van der Waals surface area (Å²) in [7, 11) is -2.95. The van der Waals surface area contributed by atoms with Crippen molar-refractivity contribution in [3.8, 4) is 0 Å². The molecule has 0 radical (unpaired) electrons. The lowest BCUT2D eigenvalue weighted by molar-refractivity contribution is 0.308. The summed E-state index contributed by atoms with van der Waals surface area (Å²) in [5.74, 6) is 0.268. The summed E-state index contributed by atoms with van der Waals surface area (Å²) >= 11 is 0. The van der Waals surface area contributed by atoms with Gasteiger partial charge in [0.15, 0.2) is 0 Å². The minimum absolute atomic E-state index is 0.0554. The Kier molecular flexibility index (Phi) is 4.55. The molecule has 3 atom stereocenters. The third-order valence-corrected chi connectivity index (χ3v) is 6.20. The van der Waals surface area contributed by atoms with Gasteiger partial charge in [-0.05, 0) is 50.2 Å². The standard InChI is InChI=1S/C16H25NO2S/c1-11-7-8-15(12(2)9-11)16(17)13-5-4-6-14(10-13)20(3,18)19/h7-9,13-14,16H,4-6,10,17H2,1-3H3. The van der Waals surface area contributed by atoms with Crippen molar-refractivity contribution in [3.05, 3.63) is 34.9 Å². The number of rotatable bonds is 3. The third-order valence-electron chi connectivity index (χ3n) is 4.56. The molecule has 20 heavy (non-hydrogen) atoms. The maximum absolute atomic E-state index is 11.8. The van der Waals surface area contributed by atoms with Crippen LogP contribution in [0.25, 0.3) is 0 Å². The molecule has 1 aromatic carbocycles. The smallest absolute Gasteiger partial charge is 0.150 e. The summed E-state index contributed by atoms with van der Waals surface area (Å²) in [6, 6.07) is 6.27. The second-order valence-corrected chi connectivity index (χ2v) is 8.59. The molecule has 0 bridgehead atoms. The average molecular weight is 295 g/mol. The SMILES string of the molecule is Cc1ccc(C(N)C2CCCC(S(C)(=O)=O)C2)c(C)c1. The Morgan fingerprint density at radius 3 is 2.55 bits per heavy atom. The summed E-state index contributed by atoms with van der Waals surface area (Å²) in [5.41, 5.74) is 10.0. The number of sulfone groups is 1. The van der Waals surface area contributed by atoms with E-state index in [0.717, 1.165) is 24.8 Å². The highest BCUT2D eigenvalue weighted by atomic mass is 32.2. The summed E-state index contributed by atoms with van der Waals surface area (Å²) < 4.78 is 23.5. The molecule has 4 heteroatoms. The van der Waals surface area contributed by atoms with Crippen molar-refractivity contribution in [2.45, 2.75) is 50.8 Å². The highest BCUT2D eigenvalue weighted by Gasteiger charge is 2.32. The van der Waals surface area contributed by atoms with Crippen LogP contribution in [0.2, 0.25) is 0 Å². The Bertz CT molecular complexity index is 580. The van der Waals surface area contributed by atoms with E-state index in [-0.39, 0.29) is 17.2 Å². The van der Waals surface area contributed by atoms with E-state index in [1.165, 1.54) is 17.4 Å². The van der Waals surface area contributed by atoms with Crippen LogP contribution in [0.15, 0.2) is 18.2 Å². The van der Waals surface area contributed by atoms with E-state index in [4.69, 9.17) is 5.73 Å². The summed E-state index contributed by atoms with van der Waals surface area (Å²) in [6.07, 6.45) is 4.83. The molecular formula is C16H25NO2S. The van der Waals surface area contributed by atoms with E-state index >= 15 is 0 Å². The monoisotopic (exact) mass is 295 g/mol. The number of hydrogen-bond donors (Lipinski definition) is 1. The van der Waals surface area contributed by atoms with E-state index in [9.17, 15) is 8.42 Å². The Hall–Kier alpha value is -0.870. The lowest BCUT2D eigenvalue weighted by Crippen LogP contribution is -2.33. The van der Waals surface area contributed by atoms with Crippen molar-refractivity contribution >= 4 is 9.84 Å². The van der Waals surface area contributed by atoms with Crippen molar-refractivity contribution in [2.75, 3.05) is 6.26 Å². The molecule has 0 aliphatic heterocycles. The first-order chi connectivity index (χ1) is 9.29. The van der Waals surface area contributed by atoms with Crippen LogP contribution >= 0.6 is 0 Å². The molecular weight excluding hydrogens is 270 g/mol. The topological polar surface area (TPSA) is 60.2 Å². The van der Waals surface area contributed by atoms with Crippen LogP contribution in [0.5, 0.6) is 0 Å². The van der Waals surface area contributed by atoms with Crippen molar-refractivity contribution in [3.63, 3.8) is 0 Å². The fourth-order valence-corrected chi connectivity index (χ4v) is 4.54. The number of benzene rings is 1. The maximum atomic E-state index is 11.8. The minimum Gasteiger partial charge on any atom is -0.324 e. The van der Waals surface area contributed by atoms with Gasteiger partial charge in [-0.3, -0.25) is 0 Å². The number of hydrogen-bond acceptors (Lipinski definition) is 3. The first-order valence-corrected chi connectivity index (χ1v) is 9.26. The molecule has 3 nitrogen and oxygen atoms in total. The van der Waals surface area contributed by atoms with Crippen LogP contribution in [0, 0.1) is 19.8 Å². The molecule has 1 aliphatic carbocycles. The van der Waals surface area contributed by atoms with Gasteiger partial charge in [0, 0.05) is 12.3 Å². The molecule has 112 valence electrons. The molecule has 1 aromatic rings. The van der Waals surface area contributed by atoms with E-state index in [1.807, 2.05) is 0 Å². The summed E-state index contributed by atoms with van der Waals surface area (Å²) in [5, 5.41) is -0.210. The Morgan fingerprint density at radius 2 is 1.95 bits per heavy atom. The van der Waals surface area contributed by atoms with Gasteiger partial charge in [-0.2, -0.15) is 0 Å². The normalized spacial score (nSPS) is 25.4. The van der Waals surface area contributed by atoms with Gasteiger partial charge in [-0.1, -0.05) is 30.2 Å². The van der Waals surface area contributed by atoms with Crippen molar-refractivity contribution in [1.29, 1.82) is 0 Å². The molecule has 0 heterocycles. The molecule has 1 aliphatic rings.